The van der Waals surface area contributed by atoms with Gasteiger partial charge in [0.25, 0.3) is 0 Å². The normalized spacial score (nSPS) is 13.4. The molecule has 3 aromatic rings. The van der Waals surface area contributed by atoms with E-state index < -0.39 is 0 Å². The summed E-state index contributed by atoms with van der Waals surface area (Å²) in [6.07, 6.45) is 3.66. The van der Waals surface area contributed by atoms with E-state index in [1.807, 2.05) is 31.4 Å². The van der Waals surface area contributed by atoms with E-state index in [2.05, 4.69) is 41.5 Å². The Labute approximate surface area is 183 Å². The van der Waals surface area contributed by atoms with Crippen LogP contribution >= 0.6 is 0 Å². The number of phenolic OH excluding ortho intramolecular Hbond substituents is 1. The number of rotatable bonds is 8. The van der Waals surface area contributed by atoms with Crippen molar-refractivity contribution in [1.82, 2.24) is 10.3 Å². The van der Waals surface area contributed by atoms with Gasteiger partial charge in [-0.25, -0.2) is 4.98 Å². The number of aromatic hydroxyl groups is 1. The Morgan fingerprint density at radius 1 is 1.06 bits per heavy atom. The van der Waals surface area contributed by atoms with Crippen LogP contribution in [0.5, 0.6) is 17.4 Å². The summed E-state index contributed by atoms with van der Waals surface area (Å²) in [5, 5.41) is 12.9. The quantitative estimate of drug-likeness (QED) is 0.412. The van der Waals surface area contributed by atoms with Crippen molar-refractivity contribution in [3.05, 3.63) is 83.0 Å². The van der Waals surface area contributed by atoms with E-state index in [0.29, 0.717) is 12.5 Å². The van der Waals surface area contributed by atoms with Crippen LogP contribution in [0.4, 0.5) is 0 Å². The number of aromatic nitrogens is 1. The van der Waals surface area contributed by atoms with Crippen LogP contribution in [0.1, 0.15) is 35.6 Å². The molecule has 1 aliphatic rings. The molecule has 1 aromatic heterocycles. The number of allylic oxidation sites excluding steroid dienone is 1. The van der Waals surface area contributed by atoms with E-state index in [4.69, 9.17) is 9.47 Å². The number of ether oxygens (including phenoxy) is 2. The van der Waals surface area contributed by atoms with E-state index in [-0.39, 0.29) is 5.75 Å². The molecular formula is C26H28N2O3. The van der Waals surface area contributed by atoms with Gasteiger partial charge in [-0.15, -0.1) is 0 Å². The maximum Gasteiger partial charge on any atom is 0.213 e. The number of hydrogen-bond donors (Lipinski definition) is 2. The molecule has 0 unspecified atom stereocenters. The van der Waals surface area contributed by atoms with Gasteiger partial charge >= 0.3 is 0 Å². The van der Waals surface area contributed by atoms with Crippen molar-refractivity contribution < 1.29 is 14.6 Å². The molecule has 0 saturated heterocycles. The lowest BCUT2D eigenvalue weighted by Gasteiger charge is -2.17. The maximum atomic E-state index is 9.80. The molecule has 2 heterocycles. The van der Waals surface area contributed by atoms with Gasteiger partial charge in [0.05, 0.1) is 6.61 Å². The van der Waals surface area contributed by atoms with Gasteiger partial charge in [0.2, 0.25) is 5.88 Å². The minimum atomic E-state index is 0.252. The summed E-state index contributed by atoms with van der Waals surface area (Å²) in [6.45, 7) is 4.25. The van der Waals surface area contributed by atoms with Gasteiger partial charge in [0.15, 0.2) is 0 Å². The van der Waals surface area contributed by atoms with Crippen LogP contribution in [0.2, 0.25) is 0 Å². The summed E-state index contributed by atoms with van der Waals surface area (Å²) in [5.74, 6) is 1.84. The number of likely N-dealkylation sites (N-methyl/N-ethyl adjacent to an activating group) is 1. The van der Waals surface area contributed by atoms with Gasteiger partial charge < -0.3 is 19.9 Å². The Morgan fingerprint density at radius 2 is 1.84 bits per heavy atom. The number of nitrogens with zero attached hydrogens (tertiary/aromatic N) is 1. The minimum absolute atomic E-state index is 0.252. The molecular weight excluding hydrogens is 388 g/mol. The fraction of sp³-hybridized carbons (Fsp3) is 0.269. The summed E-state index contributed by atoms with van der Waals surface area (Å²) >= 11 is 0. The standard InChI is InChI=1S/C26H28N2O3/c1-3-23(19-6-10-24-20(16-19)12-14-30-24)26(18-4-8-22(29)9-5-18)21-7-11-25(28-17-21)31-15-13-27-2/h4-11,16-17,27,29H,3,12-15H2,1-2H3. The monoisotopic (exact) mass is 416 g/mol. The van der Waals surface area contributed by atoms with Crippen LogP contribution < -0.4 is 14.8 Å². The van der Waals surface area contributed by atoms with Crippen LogP contribution in [-0.4, -0.2) is 36.9 Å². The summed E-state index contributed by atoms with van der Waals surface area (Å²) < 4.78 is 11.4. The highest BCUT2D eigenvalue weighted by Gasteiger charge is 2.17. The average Bonchev–Trinajstić information content (AvgIpc) is 3.27. The first kappa shape index (κ1) is 20.9. The average molecular weight is 417 g/mol. The predicted octanol–water partition coefficient (Wildman–Crippen LogP) is 4.69. The number of pyridine rings is 1. The van der Waals surface area contributed by atoms with Gasteiger partial charge in [-0.2, -0.15) is 0 Å². The van der Waals surface area contributed by atoms with Crippen molar-refractivity contribution in [1.29, 1.82) is 0 Å². The van der Waals surface area contributed by atoms with Gasteiger partial charge in [0.1, 0.15) is 18.1 Å². The lowest BCUT2D eigenvalue weighted by Crippen LogP contribution is -2.16. The SMILES string of the molecule is CCC(=C(c1ccc(O)cc1)c1ccc(OCCNC)nc1)c1ccc2c(c1)CCO2. The van der Waals surface area contributed by atoms with E-state index in [1.54, 1.807) is 12.1 Å². The van der Waals surface area contributed by atoms with Crippen LogP contribution in [0.15, 0.2) is 60.8 Å². The fourth-order valence-electron chi connectivity index (χ4n) is 3.91. The van der Waals surface area contributed by atoms with E-state index in [1.165, 1.54) is 16.7 Å². The predicted molar refractivity (Wildman–Crippen MR) is 124 cm³/mol. The van der Waals surface area contributed by atoms with Crippen molar-refractivity contribution in [2.24, 2.45) is 0 Å². The molecule has 2 N–H and O–H groups in total. The molecule has 0 spiro atoms. The van der Waals surface area contributed by atoms with Gasteiger partial charge in [-0.3, -0.25) is 0 Å². The molecule has 0 saturated carbocycles. The summed E-state index contributed by atoms with van der Waals surface area (Å²) in [7, 11) is 1.89. The highest BCUT2D eigenvalue weighted by atomic mass is 16.5. The van der Waals surface area contributed by atoms with E-state index >= 15 is 0 Å². The second-order valence-electron chi connectivity index (χ2n) is 7.51. The Balaban J connectivity index is 1.79. The van der Waals surface area contributed by atoms with Crippen LogP contribution in [0, 0.1) is 0 Å². The van der Waals surface area contributed by atoms with Crippen LogP contribution in [-0.2, 0) is 6.42 Å². The van der Waals surface area contributed by atoms with E-state index in [9.17, 15) is 5.11 Å². The second kappa shape index (κ2) is 9.67. The molecule has 1 aliphatic heterocycles. The first-order valence-corrected chi connectivity index (χ1v) is 10.7. The molecule has 0 aliphatic carbocycles. The molecule has 0 amide bonds. The highest BCUT2D eigenvalue weighted by Crippen LogP contribution is 2.37. The largest absolute Gasteiger partial charge is 0.508 e. The van der Waals surface area contributed by atoms with Crippen molar-refractivity contribution in [3.8, 4) is 17.4 Å². The molecule has 5 nitrogen and oxygen atoms in total. The zero-order chi connectivity index (χ0) is 21.6. The molecule has 160 valence electrons. The van der Waals surface area contributed by atoms with Crippen LogP contribution in [0.3, 0.4) is 0 Å². The number of phenols is 1. The molecule has 4 rings (SSSR count). The highest BCUT2D eigenvalue weighted by molar-refractivity contribution is 5.98. The number of nitrogens with one attached hydrogen (secondary N) is 1. The Hall–Kier alpha value is -3.31. The lowest BCUT2D eigenvalue weighted by atomic mass is 9.88. The summed E-state index contributed by atoms with van der Waals surface area (Å²) in [6, 6.07) is 17.8. The molecule has 5 heteroatoms. The second-order valence-corrected chi connectivity index (χ2v) is 7.51. The fourth-order valence-corrected chi connectivity index (χ4v) is 3.91. The van der Waals surface area contributed by atoms with Crippen LogP contribution in [0.25, 0.3) is 11.1 Å². The van der Waals surface area contributed by atoms with Gasteiger partial charge in [0, 0.05) is 30.8 Å². The maximum absolute atomic E-state index is 9.80. The summed E-state index contributed by atoms with van der Waals surface area (Å²) in [4.78, 5) is 4.53. The topological polar surface area (TPSA) is 63.6 Å². The van der Waals surface area contributed by atoms with Gasteiger partial charge in [-0.1, -0.05) is 25.1 Å². The summed E-state index contributed by atoms with van der Waals surface area (Å²) in [5.41, 5.74) is 6.82. The number of benzene rings is 2. The minimum Gasteiger partial charge on any atom is -0.508 e. The third-order valence-electron chi connectivity index (χ3n) is 5.48. The lowest BCUT2D eigenvalue weighted by molar-refractivity contribution is 0.306. The third-order valence-corrected chi connectivity index (χ3v) is 5.48. The number of fused-ring (bicyclic) bond motifs is 1. The zero-order valence-corrected chi connectivity index (χ0v) is 18.0. The van der Waals surface area contributed by atoms with E-state index in [0.717, 1.165) is 48.4 Å². The van der Waals surface area contributed by atoms with Crippen molar-refractivity contribution in [2.45, 2.75) is 19.8 Å². The molecule has 0 bridgehead atoms. The van der Waals surface area contributed by atoms with Crippen molar-refractivity contribution in [3.63, 3.8) is 0 Å². The Bertz CT molecular complexity index is 1060. The van der Waals surface area contributed by atoms with Crippen molar-refractivity contribution in [2.75, 3.05) is 26.8 Å². The Morgan fingerprint density at radius 3 is 2.55 bits per heavy atom. The number of hydrogen-bond acceptors (Lipinski definition) is 5. The smallest absolute Gasteiger partial charge is 0.213 e. The zero-order valence-electron chi connectivity index (χ0n) is 18.0. The molecule has 31 heavy (non-hydrogen) atoms. The Kier molecular flexibility index (Phi) is 6.53. The molecule has 0 fully saturated rings. The molecule has 0 radical (unpaired) electrons. The first-order valence-electron chi connectivity index (χ1n) is 10.7. The third kappa shape index (κ3) is 4.72. The molecule has 0 atom stereocenters. The molecule has 2 aromatic carbocycles. The first-order chi connectivity index (χ1) is 15.2. The van der Waals surface area contributed by atoms with Crippen molar-refractivity contribution >= 4 is 11.1 Å². The van der Waals surface area contributed by atoms with Gasteiger partial charge in [-0.05, 0) is 71.6 Å².